The summed E-state index contributed by atoms with van der Waals surface area (Å²) in [5.41, 5.74) is 3.63. The van der Waals surface area contributed by atoms with E-state index in [9.17, 15) is 4.79 Å². The summed E-state index contributed by atoms with van der Waals surface area (Å²) in [5, 5.41) is 19.8. The van der Waals surface area contributed by atoms with E-state index in [2.05, 4.69) is 15.5 Å². The Morgan fingerprint density at radius 2 is 2.12 bits per heavy atom. The van der Waals surface area contributed by atoms with E-state index in [1.165, 1.54) is 0 Å². The summed E-state index contributed by atoms with van der Waals surface area (Å²) in [6.45, 7) is 2.63. The Morgan fingerprint density at radius 1 is 1.31 bits per heavy atom. The summed E-state index contributed by atoms with van der Waals surface area (Å²) in [5.74, 6) is 0.455. The lowest BCUT2D eigenvalue weighted by molar-refractivity contribution is 0.186. The number of nitrogens with one attached hydrogen (secondary N) is 2. The molecule has 1 aromatic heterocycles. The fourth-order valence-corrected chi connectivity index (χ4v) is 3.25. The summed E-state index contributed by atoms with van der Waals surface area (Å²) >= 11 is 0. The lowest BCUT2D eigenvalue weighted by Gasteiger charge is -2.34. The maximum Gasteiger partial charge on any atom is 0.322 e. The highest BCUT2D eigenvalue weighted by Gasteiger charge is 2.28. The molecule has 3 N–H and O–H groups in total. The molecule has 0 unspecified atom stereocenters. The van der Waals surface area contributed by atoms with Gasteiger partial charge >= 0.3 is 6.03 Å². The zero-order valence-corrected chi connectivity index (χ0v) is 14.4. The fraction of sp³-hybridized carbons (Fsp3) is 0.263. The minimum Gasteiger partial charge on any atom is -0.474 e. The largest absolute Gasteiger partial charge is 0.474 e. The molecule has 1 aliphatic heterocycles. The molecule has 0 spiro atoms. The normalized spacial score (nSPS) is 14.8. The topological polar surface area (TPSA) is 90.5 Å². The quantitative estimate of drug-likeness (QED) is 0.658. The summed E-state index contributed by atoms with van der Waals surface area (Å²) in [4.78, 5) is 14.4. The highest BCUT2D eigenvalue weighted by molar-refractivity contribution is 5.97. The monoisotopic (exact) mass is 352 g/mol. The number of aliphatic hydroxyl groups is 1. The van der Waals surface area contributed by atoms with Crippen LogP contribution in [0.3, 0.4) is 0 Å². The van der Waals surface area contributed by atoms with Gasteiger partial charge in [-0.25, -0.2) is 4.79 Å². The first-order chi connectivity index (χ1) is 12.7. The maximum atomic E-state index is 12.6. The number of H-pyrrole nitrogens is 1. The molecule has 0 saturated carbocycles. The van der Waals surface area contributed by atoms with Gasteiger partial charge in [-0.2, -0.15) is 0 Å². The van der Waals surface area contributed by atoms with Gasteiger partial charge in [-0.05, 0) is 30.2 Å². The second-order valence-corrected chi connectivity index (χ2v) is 6.30. The number of aromatic amines is 1. The van der Waals surface area contributed by atoms with Gasteiger partial charge in [0.05, 0.1) is 30.1 Å². The molecule has 26 heavy (non-hydrogen) atoms. The van der Waals surface area contributed by atoms with Crippen molar-refractivity contribution >= 4 is 22.6 Å². The van der Waals surface area contributed by atoms with Crippen LogP contribution < -0.4 is 10.1 Å². The van der Waals surface area contributed by atoms with Crippen molar-refractivity contribution in [3.63, 3.8) is 0 Å². The molecule has 1 aliphatic rings. The van der Waals surface area contributed by atoms with Crippen LogP contribution in [-0.4, -0.2) is 39.4 Å². The van der Waals surface area contributed by atoms with Gasteiger partial charge in [-0.1, -0.05) is 30.3 Å². The van der Waals surface area contributed by atoms with Crippen LogP contribution in [0.1, 0.15) is 24.1 Å². The SMILES string of the molecule is C[C@H](c1ccccc1)N1Cc2cc3c(OCCO)n[nH]c3cc2NC1=O. The predicted octanol–water partition coefficient (Wildman–Crippen LogP) is 3.04. The molecular formula is C19H20N4O3. The molecule has 4 rings (SSSR count). The van der Waals surface area contributed by atoms with E-state index in [1.807, 2.05) is 49.4 Å². The van der Waals surface area contributed by atoms with Crippen molar-refractivity contribution in [3.05, 3.63) is 53.6 Å². The Kier molecular flexibility index (Phi) is 4.22. The minimum atomic E-state index is -0.121. The Bertz CT molecular complexity index is 939. The molecule has 0 fully saturated rings. The van der Waals surface area contributed by atoms with Crippen LogP contribution in [0.2, 0.25) is 0 Å². The van der Waals surface area contributed by atoms with E-state index >= 15 is 0 Å². The van der Waals surface area contributed by atoms with Gasteiger partial charge in [0.1, 0.15) is 6.61 Å². The summed E-state index contributed by atoms with van der Waals surface area (Å²) in [7, 11) is 0. The fourth-order valence-electron chi connectivity index (χ4n) is 3.25. The van der Waals surface area contributed by atoms with E-state index in [-0.39, 0.29) is 25.3 Å². The first-order valence-electron chi connectivity index (χ1n) is 8.54. The van der Waals surface area contributed by atoms with Crippen molar-refractivity contribution in [2.24, 2.45) is 0 Å². The molecule has 2 amide bonds. The third-order valence-corrected chi connectivity index (χ3v) is 4.67. The van der Waals surface area contributed by atoms with Gasteiger partial charge in [0.2, 0.25) is 5.88 Å². The molecule has 0 radical (unpaired) electrons. The first kappa shape index (κ1) is 16.4. The average Bonchev–Trinajstić information content (AvgIpc) is 3.06. The number of amides is 2. The molecule has 0 bridgehead atoms. The molecule has 0 saturated heterocycles. The molecule has 3 aromatic rings. The van der Waals surface area contributed by atoms with Gasteiger partial charge < -0.3 is 20.1 Å². The van der Waals surface area contributed by atoms with Crippen LogP contribution in [0, 0.1) is 0 Å². The number of aromatic nitrogens is 2. The van der Waals surface area contributed by atoms with Gasteiger partial charge in [0, 0.05) is 5.69 Å². The van der Waals surface area contributed by atoms with Crippen LogP contribution in [0.4, 0.5) is 10.5 Å². The second kappa shape index (κ2) is 6.68. The number of carbonyl (C=O) groups is 1. The van der Waals surface area contributed by atoms with Crippen LogP contribution in [0.25, 0.3) is 10.9 Å². The number of carbonyl (C=O) groups excluding carboxylic acids is 1. The Labute approximate surface area is 150 Å². The number of hydrogen-bond donors (Lipinski definition) is 3. The third kappa shape index (κ3) is 2.86. The Balaban J connectivity index is 1.66. The zero-order chi connectivity index (χ0) is 18.1. The van der Waals surface area contributed by atoms with Crippen LogP contribution in [-0.2, 0) is 6.54 Å². The van der Waals surface area contributed by atoms with Crippen molar-refractivity contribution in [3.8, 4) is 5.88 Å². The molecule has 0 aliphatic carbocycles. The second-order valence-electron chi connectivity index (χ2n) is 6.30. The Hall–Kier alpha value is -3.06. The van der Waals surface area contributed by atoms with Crippen molar-refractivity contribution in [1.82, 2.24) is 15.1 Å². The number of benzene rings is 2. The van der Waals surface area contributed by atoms with Crippen molar-refractivity contribution in [2.45, 2.75) is 19.5 Å². The molecule has 134 valence electrons. The minimum absolute atomic E-state index is 0.0468. The standard InChI is InChI=1S/C19H20N4O3/c1-12(13-5-3-2-4-6-13)23-11-14-9-15-17(10-16(14)20-19(23)25)21-22-18(15)26-8-7-24/h2-6,9-10,12,24H,7-8,11H2,1H3,(H,20,25)(H,21,22)/t12-/m1/s1. The molecule has 2 heterocycles. The van der Waals surface area contributed by atoms with Gasteiger partial charge in [-0.15, -0.1) is 5.10 Å². The highest BCUT2D eigenvalue weighted by Crippen LogP contribution is 2.34. The Morgan fingerprint density at radius 3 is 2.88 bits per heavy atom. The molecule has 2 aromatic carbocycles. The van der Waals surface area contributed by atoms with Crippen LogP contribution in [0.15, 0.2) is 42.5 Å². The van der Waals surface area contributed by atoms with Crippen molar-refractivity contribution in [2.75, 3.05) is 18.5 Å². The van der Waals surface area contributed by atoms with E-state index in [0.717, 1.165) is 27.7 Å². The van der Waals surface area contributed by atoms with Crippen molar-refractivity contribution in [1.29, 1.82) is 0 Å². The van der Waals surface area contributed by atoms with E-state index < -0.39 is 0 Å². The third-order valence-electron chi connectivity index (χ3n) is 4.67. The number of ether oxygens (including phenoxy) is 1. The number of urea groups is 1. The van der Waals surface area contributed by atoms with Gasteiger partial charge in [-0.3, -0.25) is 5.10 Å². The predicted molar refractivity (Wildman–Crippen MR) is 98.1 cm³/mol. The number of rotatable bonds is 5. The number of aliphatic hydroxyl groups excluding tert-OH is 1. The van der Waals surface area contributed by atoms with E-state index in [1.54, 1.807) is 4.90 Å². The number of fused-ring (bicyclic) bond motifs is 2. The summed E-state index contributed by atoms with van der Waals surface area (Å²) in [6.07, 6.45) is 0. The molecule has 7 nitrogen and oxygen atoms in total. The zero-order valence-electron chi connectivity index (χ0n) is 14.4. The number of hydrogen-bond acceptors (Lipinski definition) is 4. The molecule has 1 atom stereocenters. The lowest BCUT2D eigenvalue weighted by atomic mass is 10.0. The highest BCUT2D eigenvalue weighted by atomic mass is 16.5. The average molecular weight is 352 g/mol. The maximum absolute atomic E-state index is 12.6. The van der Waals surface area contributed by atoms with E-state index in [4.69, 9.17) is 9.84 Å². The van der Waals surface area contributed by atoms with Crippen LogP contribution in [0.5, 0.6) is 5.88 Å². The van der Waals surface area contributed by atoms with Gasteiger partial charge in [0.15, 0.2) is 0 Å². The summed E-state index contributed by atoms with van der Waals surface area (Å²) in [6, 6.07) is 13.6. The number of anilines is 1. The van der Waals surface area contributed by atoms with E-state index in [0.29, 0.717) is 12.4 Å². The summed E-state index contributed by atoms with van der Waals surface area (Å²) < 4.78 is 5.47. The van der Waals surface area contributed by atoms with Gasteiger partial charge in [0.25, 0.3) is 0 Å². The lowest BCUT2D eigenvalue weighted by Crippen LogP contribution is -2.40. The molecule has 7 heteroatoms. The smallest absolute Gasteiger partial charge is 0.322 e. The van der Waals surface area contributed by atoms with Crippen LogP contribution >= 0.6 is 0 Å². The van der Waals surface area contributed by atoms with Crippen molar-refractivity contribution < 1.29 is 14.6 Å². The first-order valence-corrected chi connectivity index (χ1v) is 8.54. The molecular weight excluding hydrogens is 332 g/mol. The number of nitrogens with zero attached hydrogens (tertiary/aromatic N) is 2.